The molecule has 0 aliphatic rings. The summed E-state index contributed by atoms with van der Waals surface area (Å²) >= 11 is 8.89. The third-order valence-electron chi connectivity index (χ3n) is 3.72. The SMILES string of the molecule is O=C(CSc1nnc(-c2sc3ccccc3c2Cl)o1)NC(=O)NCc1ccco1. The molecule has 0 fully saturated rings. The molecule has 0 bridgehead atoms. The molecule has 1 aromatic carbocycles. The Morgan fingerprint density at radius 3 is 2.83 bits per heavy atom. The van der Waals surface area contributed by atoms with Gasteiger partial charge in [-0.05, 0) is 18.2 Å². The first-order valence-corrected chi connectivity index (χ1v) is 10.5. The Hall–Kier alpha value is -2.82. The molecule has 11 heteroatoms. The average Bonchev–Trinajstić information content (AvgIpc) is 3.46. The molecule has 0 radical (unpaired) electrons. The molecule has 4 aromatic rings. The van der Waals surface area contributed by atoms with Crippen molar-refractivity contribution in [2.24, 2.45) is 0 Å². The van der Waals surface area contributed by atoms with Gasteiger partial charge in [-0.3, -0.25) is 10.1 Å². The molecule has 0 spiro atoms. The van der Waals surface area contributed by atoms with Gasteiger partial charge < -0.3 is 14.2 Å². The lowest BCUT2D eigenvalue weighted by Crippen LogP contribution is -2.39. The van der Waals surface area contributed by atoms with E-state index >= 15 is 0 Å². The zero-order valence-corrected chi connectivity index (χ0v) is 17.1. The first-order chi connectivity index (χ1) is 14.1. The van der Waals surface area contributed by atoms with Gasteiger partial charge in [-0.15, -0.1) is 21.5 Å². The number of hydrogen-bond acceptors (Lipinski definition) is 8. The summed E-state index contributed by atoms with van der Waals surface area (Å²) in [5.74, 6) is 0.317. The number of rotatable bonds is 6. The van der Waals surface area contributed by atoms with Gasteiger partial charge in [0.15, 0.2) is 0 Å². The van der Waals surface area contributed by atoms with Crippen LogP contribution in [-0.2, 0) is 11.3 Å². The van der Waals surface area contributed by atoms with E-state index in [0.717, 1.165) is 21.8 Å². The minimum atomic E-state index is -0.615. The van der Waals surface area contributed by atoms with E-state index in [9.17, 15) is 9.59 Å². The Morgan fingerprint density at radius 2 is 2.03 bits per heavy atom. The van der Waals surface area contributed by atoms with Gasteiger partial charge in [-0.25, -0.2) is 4.79 Å². The zero-order valence-electron chi connectivity index (χ0n) is 14.7. The highest BCUT2D eigenvalue weighted by Gasteiger charge is 2.18. The molecule has 2 N–H and O–H groups in total. The van der Waals surface area contributed by atoms with Crippen LogP contribution in [0.1, 0.15) is 5.76 Å². The number of aromatic nitrogens is 2. The molecule has 0 aliphatic heterocycles. The number of urea groups is 1. The van der Waals surface area contributed by atoms with E-state index in [4.69, 9.17) is 20.4 Å². The van der Waals surface area contributed by atoms with Crippen LogP contribution in [0.2, 0.25) is 5.02 Å². The molecule has 0 aliphatic carbocycles. The number of benzene rings is 1. The molecule has 3 amide bonds. The van der Waals surface area contributed by atoms with Crippen LogP contribution in [0.25, 0.3) is 20.9 Å². The highest BCUT2D eigenvalue weighted by Crippen LogP contribution is 2.41. The first-order valence-electron chi connectivity index (χ1n) is 8.34. The number of amides is 3. The summed E-state index contributed by atoms with van der Waals surface area (Å²) in [6.45, 7) is 0.183. The maximum absolute atomic E-state index is 11.9. The van der Waals surface area contributed by atoms with Crippen molar-refractivity contribution in [1.29, 1.82) is 0 Å². The van der Waals surface area contributed by atoms with Crippen molar-refractivity contribution in [3.05, 3.63) is 53.4 Å². The Labute approximate surface area is 177 Å². The summed E-state index contributed by atoms with van der Waals surface area (Å²) in [5.41, 5.74) is 0. The maximum Gasteiger partial charge on any atom is 0.321 e. The van der Waals surface area contributed by atoms with Crippen LogP contribution in [0.15, 0.2) is 56.7 Å². The number of hydrogen-bond donors (Lipinski definition) is 2. The molecule has 4 rings (SSSR count). The number of thioether (sulfide) groups is 1. The zero-order chi connectivity index (χ0) is 20.2. The molecule has 3 heterocycles. The third-order valence-corrected chi connectivity index (χ3v) is 6.20. The quantitative estimate of drug-likeness (QED) is 0.422. The minimum Gasteiger partial charge on any atom is -0.467 e. The van der Waals surface area contributed by atoms with Gasteiger partial charge in [0.25, 0.3) is 11.1 Å². The predicted octanol–water partition coefficient (Wildman–Crippen LogP) is 4.32. The van der Waals surface area contributed by atoms with Crippen molar-refractivity contribution in [3.8, 4) is 10.8 Å². The molecule has 3 aromatic heterocycles. The molecular weight excluding hydrogens is 436 g/mol. The average molecular weight is 449 g/mol. The van der Waals surface area contributed by atoms with Gasteiger partial charge in [-0.2, -0.15) is 0 Å². The fourth-order valence-corrected chi connectivity index (χ4v) is 4.42. The van der Waals surface area contributed by atoms with E-state index in [2.05, 4.69) is 20.8 Å². The first kappa shape index (κ1) is 19.5. The van der Waals surface area contributed by atoms with Crippen molar-refractivity contribution in [1.82, 2.24) is 20.8 Å². The maximum atomic E-state index is 11.9. The molecule has 148 valence electrons. The van der Waals surface area contributed by atoms with Crippen LogP contribution < -0.4 is 10.6 Å². The predicted molar refractivity (Wildman–Crippen MR) is 110 cm³/mol. The van der Waals surface area contributed by atoms with Crippen LogP contribution in [0, 0.1) is 0 Å². The minimum absolute atomic E-state index is 0.0596. The van der Waals surface area contributed by atoms with E-state index in [1.165, 1.54) is 17.6 Å². The van der Waals surface area contributed by atoms with Gasteiger partial charge in [-0.1, -0.05) is 41.6 Å². The summed E-state index contributed by atoms with van der Waals surface area (Å²) in [6, 6.07) is 10.5. The molecule has 0 unspecified atom stereocenters. The molecule has 0 saturated heterocycles. The van der Waals surface area contributed by atoms with Crippen LogP contribution in [0.4, 0.5) is 4.79 Å². The highest BCUT2D eigenvalue weighted by molar-refractivity contribution is 7.99. The lowest BCUT2D eigenvalue weighted by Gasteiger charge is -2.04. The summed E-state index contributed by atoms with van der Waals surface area (Å²) in [5, 5.41) is 14.3. The largest absolute Gasteiger partial charge is 0.467 e. The standard InChI is InChI=1S/C18H13ClN4O4S2/c19-14-11-5-1-2-6-12(11)29-15(14)16-22-23-18(27-16)28-9-13(24)21-17(25)20-8-10-4-3-7-26-10/h1-7H,8-9H2,(H2,20,21,24,25). The summed E-state index contributed by atoms with van der Waals surface area (Å²) in [6.07, 6.45) is 1.50. The van der Waals surface area contributed by atoms with Crippen LogP contribution in [-0.4, -0.2) is 27.9 Å². The van der Waals surface area contributed by atoms with Crippen molar-refractivity contribution in [3.63, 3.8) is 0 Å². The fourth-order valence-electron chi connectivity index (χ4n) is 2.43. The monoisotopic (exact) mass is 448 g/mol. The Kier molecular flexibility index (Phi) is 5.84. The summed E-state index contributed by atoms with van der Waals surface area (Å²) in [4.78, 5) is 24.3. The number of furan rings is 1. The summed E-state index contributed by atoms with van der Waals surface area (Å²) in [7, 11) is 0. The molecule has 0 saturated carbocycles. The number of carbonyl (C=O) groups excluding carboxylic acids is 2. The van der Waals surface area contributed by atoms with E-state index in [0.29, 0.717) is 15.7 Å². The van der Waals surface area contributed by atoms with Gasteiger partial charge in [0.2, 0.25) is 5.91 Å². The number of carbonyl (C=O) groups is 2. The van der Waals surface area contributed by atoms with Crippen LogP contribution in [0.5, 0.6) is 0 Å². The molecule has 8 nitrogen and oxygen atoms in total. The van der Waals surface area contributed by atoms with Gasteiger partial charge in [0.05, 0.1) is 23.6 Å². The highest BCUT2D eigenvalue weighted by atomic mass is 35.5. The second kappa shape index (κ2) is 8.68. The van der Waals surface area contributed by atoms with Gasteiger partial charge in [0, 0.05) is 10.1 Å². The number of halogens is 1. The lowest BCUT2D eigenvalue weighted by atomic mass is 10.2. The molecule has 29 heavy (non-hydrogen) atoms. The number of nitrogens with one attached hydrogen (secondary N) is 2. The molecular formula is C18H13ClN4O4S2. The second-order valence-corrected chi connectivity index (χ2v) is 8.07. The number of fused-ring (bicyclic) bond motifs is 1. The van der Waals surface area contributed by atoms with Crippen LogP contribution in [0.3, 0.4) is 0 Å². The van der Waals surface area contributed by atoms with Crippen molar-refractivity contribution >= 4 is 56.7 Å². The van der Waals surface area contributed by atoms with Gasteiger partial charge >= 0.3 is 6.03 Å². The van der Waals surface area contributed by atoms with Crippen molar-refractivity contribution < 1.29 is 18.4 Å². The van der Waals surface area contributed by atoms with E-state index in [1.54, 1.807) is 12.1 Å². The Bertz CT molecular complexity index is 1160. The fraction of sp³-hybridized carbons (Fsp3) is 0.111. The topological polar surface area (TPSA) is 110 Å². The molecule has 0 atom stereocenters. The van der Waals surface area contributed by atoms with Crippen molar-refractivity contribution in [2.45, 2.75) is 11.8 Å². The smallest absolute Gasteiger partial charge is 0.321 e. The lowest BCUT2D eigenvalue weighted by molar-refractivity contribution is -0.117. The van der Waals surface area contributed by atoms with E-state index in [-0.39, 0.29) is 23.4 Å². The van der Waals surface area contributed by atoms with Crippen molar-refractivity contribution in [2.75, 3.05) is 5.75 Å². The number of imide groups is 1. The normalized spacial score (nSPS) is 10.9. The Balaban J connectivity index is 1.31. The Morgan fingerprint density at radius 1 is 1.17 bits per heavy atom. The number of thiophene rings is 1. The third kappa shape index (κ3) is 4.61. The van der Waals surface area contributed by atoms with Gasteiger partial charge in [0.1, 0.15) is 10.6 Å². The van der Waals surface area contributed by atoms with Crippen LogP contribution >= 0.6 is 34.7 Å². The summed E-state index contributed by atoms with van der Waals surface area (Å²) < 4.78 is 11.7. The second-order valence-electron chi connectivity index (χ2n) is 5.71. The number of nitrogens with zero attached hydrogens (tertiary/aromatic N) is 2. The van der Waals surface area contributed by atoms with E-state index < -0.39 is 11.9 Å². The van der Waals surface area contributed by atoms with E-state index in [1.807, 2.05) is 24.3 Å².